The van der Waals surface area contributed by atoms with Gasteiger partial charge < -0.3 is 9.80 Å². The summed E-state index contributed by atoms with van der Waals surface area (Å²) in [5, 5.41) is 1.45. The number of anilines is 6. The number of aryl methyl sites for hydroxylation is 3. The first-order valence-corrected chi connectivity index (χ1v) is 22.9. The van der Waals surface area contributed by atoms with Crippen molar-refractivity contribution in [3.05, 3.63) is 111 Å². The van der Waals surface area contributed by atoms with E-state index in [1.54, 1.807) is 27.8 Å². The van der Waals surface area contributed by atoms with Crippen LogP contribution >= 0.6 is 11.3 Å². The Morgan fingerprint density at radius 3 is 1.97 bits per heavy atom. The number of benzene rings is 5. The fraction of sp³-hybridized carbons (Fsp3) is 0.407. The molecule has 5 aromatic carbocycles. The van der Waals surface area contributed by atoms with Crippen LogP contribution in [0.15, 0.2) is 60.7 Å². The maximum atomic E-state index is 2.81. The molecule has 1 atom stereocenters. The van der Waals surface area contributed by atoms with Crippen LogP contribution in [0.5, 0.6) is 0 Å². The van der Waals surface area contributed by atoms with E-state index >= 15 is 0 Å². The molecule has 2 aliphatic carbocycles. The van der Waals surface area contributed by atoms with E-state index in [9.17, 15) is 0 Å². The van der Waals surface area contributed by atoms with E-state index in [1.165, 1.54) is 119 Å². The van der Waals surface area contributed by atoms with Crippen LogP contribution in [0.3, 0.4) is 0 Å². The summed E-state index contributed by atoms with van der Waals surface area (Å²) >= 11 is 2.06. The average molecular weight is 777 g/mol. The lowest BCUT2D eigenvalue weighted by atomic mass is 9.35. The summed E-state index contributed by atoms with van der Waals surface area (Å²) in [7, 11) is 0. The highest BCUT2D eigenvalue weighted by molar-refractivity contribution is 7.34. The molecule has 4 heteroatoms. The number of thiophene rings is 1. The van der Waals surface area contributed by atoms with Gasteiger partial charge in [0.15, 0.2) is 0 Å². The second-order valence-electron chi connectivity index (χ2n) is 22.5. The highest BCUT2D eigenvalue weighted by Crippen LogP contribution is 2.64. The van der Waals surface area contributed by atoms with Crippen LogP contribution in [0, 0.1) is 20.8 Å². The minimum atomic E-state index is -0.0703. The monoisotopic (exact) mass is 776 g/mol. The average Bonchev–Trinajstić information content (AvgIpc) is 3.53. The van der Waals surface area contributed by atoms with Crippen LogP contribution in [0.25, 0.3) is 21.2 Å². The molecule has 0 radical (unpaired) electrons. The molecular formula is C54H57BN2S. The third-order valence-corrected chi connectivity index (χ3v) is 17.6. The molecule has 0 amide bonds. The van der Waals surface area contributed by atoms with Crippen LogP contribution in [0.4, 0.5) is 34.1 Å². The van der Waals surface area contributed by atoms with Gasteiger partial charge in [0.25, 0.3) is 6.71 Å². The largest absolute Gasteiger partial charge is 0.311 e. The van der Waals surface area contributed by atoms with Gasteiger partial charge in [-0.3, -0.25) is 0 Å². The molecule has 6 aliphatic rings. The molecule has 0 N–H and O–H groups in total. The molecule has 0 bridgehead atoms. The van der Waals surface area contributed by atoms with Gasteiger partial charge in [-0.15, -0.1) is 11.3 Å². The van der Waals surface area contributed by atoms with Crippen molar-refractivity contribution >= 4 is 78.0 Å². The predicted molar refractivity (Wildman–Crippen MR) is 252 cm³/mol. The van der Waals surface area contributed by atoms with Crippen molar-refractivity contribution in [3.8, 4) is 11.1 Å². The summed E-state index contributed by atoms with van der Waals surface area (Å²) in [6, 6.07) is 25.5. The summed E-state index contributed by atoms with van der Waals surface area (Å²) in [4.78, 5) is 5.54. The molecule has 12 rings (SSSR count). The number of hydrogen-bond acceptors (Lipinski definition) is 3. The first-order chi connectivity index (χ1) is 27.2. The minimum Gasteiger partial charge on any atom is -0.311 e. The summed E-state index contributed by atoms with van der Waals surface area (Å²) in [5.74, 6) is 0. The number of rotatable bonds is 0. The van der Waals surface area contributed by atoms with Crippen molar-refractivity contribution in [1.29, 1.82) is 0 Å². The second kappa shape index (κ2) is 10.5. The van der Waals surface area contributed by atoms with Crippen molar-refractivity contribution in [2.24, 2.45) is 0 Å². The zero-order chi connectivity index (χ0) is 40.5. The SMILES string of the molecule is Cc1cc2c3c(c1)N1c4c(C)cc(C(C)(C)C)cc4-c4c(C)ccc5sc(c1c45)B3c1ccc3c4c1N2c1cc2c(cc1C4(C)CCC3(C)C)C(C)(C)CCC2(C)C. The Kier molecular flexibility index (Phi) is 6.47. The Morgan fingerprint density at radius 1 is 0.603 bits per heavy atom. The van der Waals surface area contributed by atoms with Gasteiger partial charge in [0.05, 0.1) is 17.1 Å². The summed E-state index contributed by atoms with van der Waals surface area (Å²) < 4.78 is 2.92. The van der Waals surface area contributed by atoms with Gasteiger partial charge in [-0.25, -0.2) is 0 Å². The van der Waals surface area contributed by atoms with Crippen molar-refractivity contribution in [2.45, 2.75) is 143 Å². The van der Waals surface area contributed by atoms with E-state index in [0.717, 1.165) is 0 Å². The van der Waals surface area contributed by atoms with Crippen molar-refractivity contribution in [2.75, 3.05) is 9.80 Å². The summed E-state index contributed by atoms with van der Waals surface area (Å²) in [5.41, 5.74) is 27.9. The van der Waals surface area contributed by atoms with E-state index in [2.05, 4.69) is 172 Å². The molecule has 0 saturated heterocycles. The van der Waals surface area contributed by atoms with E-state index in [1.807, 2.05) is 0 Å². The lowest BCUT2D eigenvalue weighted by Gasteiger charge is -2.55. The molecule has 4 aliphatic heterocycles. The van der Waals surface area contributed by atoms with Crippen LogP contribution in [-0.4, -0.2) is 6.71 Å². The third-order valence-electron chi connectivity index (χ3n) is 16.3. The third kappa shape index (κ3) is 4.12. The van der Waals surface area contributed by atoms with Crippen LogP contribution in [0.1, 0.15) is 145 Å². The highest BCUT2D eigenvalue weighted by atomic mass is 32.1. The molecule has 1 unspecified atom stereocenters. The van der Waals surface area contributed by atoms with Gasteiger partial charge >= 0.3 is 0 Å². The highest BCUT2D eigenvalue weighted by Gasteiger charge is 2.55. The molecular weight excluding hydrogens is 719 g/mol. The lowest BCUT2D eigenvalue weighted by Crippen LogP contribution is -2.62. The lowest BCUT2D eigenvalue weighted by molar-refractivity contribution is 0.327. The zero-order valence-corrected chi connectivity index (χ0v) is 37.8. The maximum Gasteiger partial charge on any atom is 0.264 e. The molecule has 5 heterocycles. The topological polar surface area (TPSA) is 6.48 Å². The first-order valence-electron chi connectivity index (χ1n) is 22.1. The zero-order valence-electron chi connectivity index (χ0n) is 37.0. The van der Waals surface area contributed by atoms with E-state index in [0.29, 0.717) is 0 Å². The number of hydrogen-bond donors (Lipinski definition) is 0. The van der Waals surface area contributed by atoms with Crippen LogP contribution in [-0.2, 0) is 27.1 Å². The fourth-order valence-corrected chi connectivity index (χ4v) is 14.2. The van der Waals surface area contributed by atoms with Crippen LogP contribution in [0.2, 0.25) is 0 Å². The molecule has 1 aromatic heterocycles. The Bertz CT molecular complexity index is 2930. The number of nitrogens with zero attached hydrogens (tertiary/aromatic N) is 2. The molecule has 6 aromatic rings. The van der Waals surface area contributed by atoms with Crippen molar-refractivity contribution < 1.29 is 0 Å². The van der Waals surface area contributed by atoms with Gasteiger partial charge in [0.1, 0.15) is 0 Å². The molecule has 0 saturated carbocycles. The minimum absolute atomic E-state index is 0.0493. The predicted octanol–water partition coefficient (Wildman–Crippen LogP) is 13.2. The van der Waals surface area contributed by atoms with Gasteiger partial charge in [-0.05, 0) is 165 Å². The molecule has 292 valence electrons. The summed E-state index contributed by atoms with van der Waals surface area (Å²) in [6.07, 6.45) is 4.80. The fourth-order valence-electron chi connectivity index (χ4n) is 12.9. The summed E-state index contributed by atoms with van der Waals surface area (Å²) in [6.45, 7) is 31.9. The molecule has 0 fully saturated rings. The van der Waals surface area contributed by atoms with E-state index in [-0.39, 0.29) is 33.8 Å². The van der Waals surface area contributed by atoms with Crippen LogP contribution < -0.4 is 25.5 Å². The maximum absolute atomic E-state index is 2.81. The Balaban J connectivity index is 1.24. The molecule has 58 heavy (non-hydrogen) atoms. The van der Waals surface area contributed by atoms with Crippen molar-refractivity contribution in [3.63, 3.8) is 0 Å². The van der Waals surface area contributed by atoms with Gasteiger partial charge in [-0.2, -0.15) is 0 Å². The standard InChI is InChI=1S/C54H57BN2S/c1-28-22-39-45-40(23-28)57-46-30(3)24-31(50(4,5)6)25-32(46)42-29(2)14-17-41-43(42)48(57)49(58-41)55(45)37-16-15-33-44-47(37)56(39)38-27-35-34(52(9,10)18-19-53(35,11)12)26-36(38)54(44,13)21-20-51(33,7)8/h14-17,22-27H,18-21H2,1-13H3. The van der Waals surface area contributed by atoms with Crippen molar-refractivity contribution in [1.82, 2.24) is 0 Å². The molecule has 2 nitrogen and oxygen atoms in total. The van der Waals surface area contributed by atoms with E-state index < -0.39 is 0 Å². The first kappa shape index (κ1) is 35.7. The van der Waals surface area contributed by atoms with E-state index in [4.69, 9.17) is 0 Å². The Morgan fingerprint density at radius 2 is 1.26 bits per heavy atom. The Labute approximate surface area is 350 Å². The Hall–Kier alpha value is -4.28. The normalized spacial score (nSPS) is 21.6. The smallest absolute Gasteiger partial charge is 0.264 e. The quantitative estimate of drug-likeness (QED) is 0.142. The van der Waals surface area contributed by atoms with Gasteiger partial charge in [0.2, 0.25) is 0 Å². The van der Waals surface area contributed by atoms with Gasteiger partial charge in [-0.1, -0.05) is 99.6 Å². The van der Waals surface area contributed by atoms with Gasteiger partial charge in [0, 0.05) is 42.9 Å². The number of fused-ring (bicyclic) bond motifs is 11. The second-order valence-corrected chi connectivity index (χ2v) is 23.6. The molecule has 0 spiro atoms.